The van der Waals surface area contributed by atoms with Gasteiger partial charge in [0.25, 0.3) is 0 Å². The Morgan fingerprint density at radius 1 is 1.26 bits per heavy atom. The van der Waals surface area contributed by atoms with Crippen LogP contribution in [0, 0.1) is 0 Å². The molecule has 0 aromatic heterocycles. The topological polar surface area (TPSA) is 29.5 Å². The van der Waals surface area contributed by atoms with Gasteiger partial charge in [-0.3, -0.25) is 0 Å². The number of carbonyl (C=O) groups excluding carboxylic acids is 1. The second kappa shape index (κ2) is 8.95. The van der Waals surface area contributed by atoms with Crippen LogP contribution in [0.25, 0.3) is 0 Å². The Morgan fingerprint density at radius 3 is 2.48 bits per heavy atom. The molecule has 1 rings (SSSR count). The molecule has 1 aliphatic heterocycles. The van der Waals surface area contributed by atoms with Crippen molar-refractivity contribution in [3.63, 3.8) is 0 Å². The minimum Gasteiger partial charge on any atom is -0.444 e. The third-order valence-electron chi connectivity index (χ3n) is 3.76. The molecule has 1 amide bonds. The van der Waals surface area contributed by atoms with Crippen LogP contribution >= 0.6 is 0 Å². The van der Waals surface area contributed by atoms with Gasteiger partial charge in [-0.2, -0.15) is 0 Å². The zero-order valence-corrected chi connectivity index (χ0v) is 15.7. The fourth-order valence-corrected chi connectivity index (χ4v) is 2.38. The zero-order valence-electron chi connectivity index (χ0n) is 15.7. The van der Waals surface area contributed by atoms with Gasteiger partial charge in [-0.25, -0.2) is 4.79 Å². The lowest BCUT2D eigenvalue weighted by atomic mass is 10.0. The van der Waals surface area contributed by atoms with E-state index in [1.807, 2.05) is 20.8 Å². The first kappa shape index (κ1) is 19.5. The number of rotatable bonds is 5. The molecule has 0 aromatic rings. The van der Waals surface area contributed by atoms with Crippen LogP contribution in [-0.2, 0) is 4.74 Å². The van der Waals surface area contributed by atoms with Gasteiger partial charge in [0, 0.05) is 13.1 Å². The van der Waals surface area contributed by atoms with Crippen molar-refractivity contribution in [2.24, 2.45) is 0 Å². The van der Waals surface area contributed by atoms with Crippen LogP contribution in [0.2, 0.25) is 0 Å². The van der Waals surface area contributed by atoms with E-state index in [2.05, 4.69) is 39.0 Å². The normalized spacial score (nSPS) is 16.0. The van der Waals surface area contributed by atoms with Gasteiger partial charge < -0.3 is 9.64 Å². The Kier molecular flexibility index (Phi) is 7.60. The van der Waals surface area contributed by atoms with Gasteiger partial charge in [-0.1, -0.05) is 34.9 Å². The van der Waals surface area contributed by atoms with Gasteiger partial charge in [0.15, 0.2) is 0 Å². The number of nitrogens with zero attached hydrogens (tertiary/aromatic N) is 1. The molecule has 0 spiro atoms. The minimum absolute atomic E-state index is 0.207. The molecular formula is C20H33NO2. The monoisotopic (exact) mass is 319 g/mol. The highest BCUT2D eigenvalue weighted by Crippen LogP contribution is 2.19. The summed E-state index contributed by atoms with van der Waals surface area (Å²) in [7, 11) is 0. The third kappa shape index (κ3) is 8.63. The van der Waals surface area contributed by atoms with E-state index in [1.165, 1.54) is 16.7 Å². The molecule has 0 aliphatic carbocycles. The van der Waals surface area contributed by atoms with Crippen LogP contribution in [0.4, 0.5) is 4.79 Å². The molecule has 0 N–H and O–H groups in total. The van der Waals surface area contributed by atoms with Gasteiger partial charge in [-0.15, -0.1) is 0 Å². The van der Waals surface area contributed by atoms with E-state index in [1.54, 1.807) is 4.90 Å². The Morgan fingerprint density at radius 2 is 1.96 bits per heavy atom. The molecule has 0 atom stereocenters. The first-order valence-corrected chi connectivity index (χ1v) is 8.62. The standard InChI is InChI=1S/C20H33NO2/c1-16(2)8-7-9-17(3)10-11-18-12-14-21(15-13-18)19(22)23-20(4,5)6/h8,10,12H,7,9,11,13-15H2,1-6H3/b17-10+. The lowest BCUT2D eigenvalue weighted by Gasteiger charge is -2.29. The van der Waals surface area contributed by atoms with Crippen LogP contribution in [0.5, 0.6) is 0 Å². The average molecular weight is 319 g/mol. The molecule has 1 heterocycles. The van der Waals surface area contributed by atoms with Crippen LogP contribution < -0.4 is 0 Å². The number of ether oxygens (including phenoxy) is 1. The Hall–Kier alpha value is -1.51. The quantitative estimate of drug-likeness (QED) is 0.614. The van der Waals surface area contributed by atoms with Crippen molar-refractivity contribution < 1.29 is 9.53 Å². The summed E-state index contributed by atoms with van der Waals surface area (Å²) in [6.07, 6.45) is 10.8. The first-order valence-electron chi connectivity index (χ1n) is 8.62. The summed E-state index contributed by atoms with van der Waals surface area (Å²) in [5.41, 5.74) is 3.83. The summed E-state index contributed by atoms with van der Waals surface area (Å²) in [4.78, 5) is 13.8. The third-order valence-corrected chi connectivity index (χ3v) is 3.76. The predicted molar refractivity (Wildman–Crippen MR) is 97.5 cm³/mol. The van der Waals surface area contributed by atoms with Crippen LogP contribution in [0.15, 0.2) is 34.9 Å². The summed E-state index contributed by atoms with van der Waals surface area (Å²) in [6, 6.07) is 0. The van der Waals surface area contributed by atoms with Gasteiger partial charge in [-0.05, 0) is 67.2 Å². The van der Waals surface area contributed by atoms with Crippen molar-refractivity contribution in [1.29, 1.82) is 0 Å². The maximum absolute atomic E-state index is 12.0. The molecule has 130 valence electrons. The van der Waals surface area contributed by atoms with Crippen LogP contribution in [-0.4, -0.2) is 29.7 Å². The van der Waals surface area contributed by atoms with Crippen molar-refractivity contribution in [2.45, 2.75) is 72.8 Å². The molecule has 0 saturated carbocycles. The molecule has 0 bridgehead atoms. The van der Waals surface area contributed by atoms with E-state index in [-0.39, 0.29) is 6.09 Å². The zero-order chi connectivity index (χ0) is 17.5. The number of hydrogen-bond acceptors (Lipinski definition) is 2. The Bertz CT molecular complexity index is 488. The molecule has 0 fully saturated rings. The fourth-order valence-electron chi connectivity index (χ4n) is 2.38. The number of hydrogen-bond donors (Lipinski definition) is 0. The minimum atomic E-state index is -0.424. The highest BCUT2D eigenvalue weighted by Gasteiger charge is 2.23. The Balaban J connectivity index is 2.41. The van der Waals surface area contributed by atoms with E-state index < -0.39 is 5.60 Å². The molecule has 3 heteroatoms. The highest BCUT2D eigenvalue weighted by atomic mass is 16.6. The molecular weight excluding hydrogens is 286 g/mol. The summed E-state index contributed by atoms with van der Waals surface area (Å²) in [5, 5.41) is 0. The van der Waals surface area contributed by atoms with Gasteiger partial charge in [0.2, 0.25) is 0 Å². The van der Waals surface area contributed by atoms with E-state index in [0.29, 0.717) is 6.54 Å². The fraction of sp³-hybridized carbons (Fsp3) is 0.650. The summed E-state index contributed by atoms with van der Waals surface area (Å²) < 4.78 is 5.41. The van der Waals surface area contributed by atoms with Crippen molar-refractivity contribution in [2.75, 3.05) is 13.1 Å². The van der Waals surface area contributed by atoms with Gasteiger partial charge >= 0.3 is 6.09 Å². The molecule has 0 saturated heterocycles. The second-order valence-electron chi connectivity index (χ2n) is 7.61. The average Bonchev–Trinajstić information content (AvgIpc) is 2.43. The van der Waals surface area contributed by atoms with Crippen LogP contribution in [0.1, 0.15) is 67.2 Å². The highest BCUT2D eigenvalue weighted by molar-refractivity contribution is 5.68. The number of carbonyl (C=O) groups is 1. The maximum Gasteiger partial charge on any atom is 0.410 e. The van der Waals surface area contributed by atoms with E-state index in [4.69, 9.17) is 4.74 Å². The molecule has 0 unspecified atom stereocenters. The lowest BCUT2D eigenvalue weighted by molar-refractivity contribution is 0.0265. The van der Waals surface area contributed by atoms with E-state index in [0.717, 1.165) is 32.2 Å². The summed E-state index contributed by atoms with van der Waals surface area (Å²) in [5.74, 6) is 0. The molecule has 1 aliphatic rings. The van der Waals surface area contributed by atoms with Crippen LogP contribution in [0.3, 0.4) is 0 Å². The first-order chi connectivity index (χ1) is 10.7. The van der Waals surface area contributed by atoms with Crippen molar-refractivity contribution in [3.05, 3.63) is 34.9 Å². The van der Waals surface area contributed by atoms with Crippen molar-refractivity contribution in [1.82, 2.24) is 4.90 Å². The molecule has 0 aromatic carbocycles. The van der Waals surface area contributed by atoms with E-state index in [9.17, 15) is 4.79 Å². The molecule has 23 heavy (non-hydrogen) atoms. The molecule has 3 nitrogen and oxygen atoms in total. The maximum atomic E-state index is 12.0. The predicted octanol–water partition coefficient (Wildman–Crippen LogP) is 5.64. The van der Waals surface area contributed by atoms with Crippen molar-refractivity contribution in [3.8, 4) is 0 Å². The summed E-state index contributed by atoms with van der Waals surface area (Å²) >= 11 is 0. The van der Waals surface area contributed by atoms with Gasteiger partial charge in [0.1, 0.15) is 5.60 Å². The second-order valence-corrected chi connectivity index (χ2v) is 7.61. The SMILES string of the molecule is CC(C)=CCC/C(C)=C/CC1=CCN(C(=O)OC(C)(C)C)CC1. The van der Waals surface area contributed by atoms with E-state index >= 15 is 0 Å². The summed E-state index contributed by atoms with van der Waals surface area (Å²) in [6.45, 7) is 13.6. The largest absolute Gasteiger partial charge is 0.444 e. The number of amides is 1. The Labute approximate surface area is 142 Å². The lowest BCUT2D eigenvalue weighted by Crippen LogP contribution is -2.39. The molecule has 0 radical (unpaired) electrons. The van der Waals surface area contributed by atoms with Crippen molar-refractivity contribution >= 4 is 6.09 Å². The smallest absolute Gasteiger partial charge is 0.410 e. The van der Waals surface area contributed by atoms with Gasteiger partial charge in [0.05, 0.1) is 0 Å². The number of allylic oxidation sites excluding steroid dienone is 4.